The number of carbonyl (C=O) groups is 2. The van der Waals surface area contributed by atoms with Crippen LogP contribution < -0.4 is 11.5 Å². The van der Waals surface area contributed by atoms with Crippen LogP contribution in [0, 0.1) is 11.8 Å². The third-order valence-corrected chi connectivity index (χ3v) is 2.59. The average Bonchev–Trinajstić information content (AvgIpc) is 2.38. The topological polar surface area (TPSA) is 105 Å². The maximum absolute atomic E-state index is 10.9. The minimum absolute atomic E-state index is 0.152. The second kappa shape index (κ2) is 12.6. The van der Waals surface area contributed by atoms with E-state index in [1.54, 1.807) is 13.8 Å². The maximum Gasteiger partial charge on any atom is 0.323 e. The van der Waals surface area contributed by atoms with Crippen LogP contribution in [0.4, 0.5) is 0 Å². The van der Waals surface area contributed by atoms with E-state index in [0.29, 0.717) is 25.6 Å². The lowest BCUT2D eigenvalue weighted by Crippen LogP contribution is -2.36. The fourth-order valence-corrected chi connectivity index (χ4v) is 1.36. The molecule has 0 fully saturated rings. The number of carbonyl (C=O) groups excluding carboxylic acids is 2. The van der Waals surface area contributed by atoms with Gasteiger partial charge >= 0.3 is 11.9 Å². The summed E-state index contributed by atoms with van der Waals surface area (Å²) >= 11 is 0. The van der Waals surface area contributed by atoms with Crippen LogP contribution in [0.15, 0.2) is 0 Å². The highest BCUT2D eigenvalue weighted by atomic mass is 16.5. The number of rotatable bonds is 7. The van der Waals surface area contributed by atoms with E-state index in [9.17, 15) is 9.59 Å². The number of nitrogens with two attached hydrogens (primary N) is 2. The van der Waals surface area contributed by atoms with E-state index in [2.05, 4.69) is 0 Å². The molecule has 126 valence electrons. The van der Waals surface area contributed by atoms with Gasteiger partial charge in [-0.3, -0.25) is 9.59 Å². The lowest BCUT2D eigenvalue weighted by molar-refractivity contribution is -0.146. The lowest BCUT2D eigenvalue weighted by Gasteiger charge is -2.12. The van der Waals surface area contributed by atoms with Gasteiger partial charge in [0.25, 0.3) is 0 Å². The summed E-state index contributed by atoms with van der Waals surface area (Å²) in [7, 11) is 0. The highest BCUT2D eigenvalue weighted by molar-refractivity contribution is 5.75. The van der Waals surface area contributed by atoms with Crippen molar-refractivity contribution in [3.63, 3.8) is 0 Å². The smallest absolute Gasteiger partial charge is 0.323 e. The van der Waals surface area contributed by atoms with Gasteiger partial charge in [0.2, 0.25) is 0 Å². The van der Waals surface area contributed by atoms with Crippen molar-refractivity contribution in [3.8, 4) is 0 Å². The van der Waals surface area contributed by atoms with Gasteiger partial charge in [0, 0.05) is 0 Å². The standard InChI is InChI=1S/C8H17NO2.C7H15NO2/c1-4-11-8(10)7(9)5-6(2)3;1-4-10-7(9)6(8)5(2)3/h6-7H,4-5,9H2,1-3H3;5-6H,4,8H2,1-3H3. The first-order chi connectivity index (χ1) is 9.67. The van der Waals surface area contributed by atoms with Gasteiger partial charge in [-0.05, 0) is 32.1 Å². The van der Waals surface area contributed by atoms with Crippen LogP contribution in [-0.4, -0.2) is 37.2 Å². The summed E-state index contributed by atoms with van der Waals surface area (Å²) in [5.74, 6) is -0.00726. The Labute approximate surface area is 128 Å². The van der Waals surface area contributed by atoms with E-state index in [0.717, 1.165) is 0 Å². The molecule has 0 aliphatic heterocycles. The van der Waals surface area contributed by atoms with E-state index in [1.807, 2.05) is 27.7 Å². The molecule has 0 saturated carbocycles. The van der Waals surface area contributed by atoms with Crippen LogP contribution in [0.25, 0.3) is 0 Å². The van der Waals surface area contributed by atoms with Crippen LogP contribution in [0.2, 0.25) is 0 Å². The molecule has 0 bridgehead atoms. The Hall–Kier alpha value is -1.14. The van der Waals surface area contributed by atoms with Crippen molar-refractivity contribution in [1.29, 1.82) is 0 Å². The quantitative estimate of drug-likeness (QED) is 0.690. The molecule has 21 heavy (non-hydrogen) atoms. The molecule has 4 N–H and O–H groups in total. The van der Waals surface area contributed by atoms with Gasteiger partial charge in [0.15, 0.2) is 0 Å². The summed E-state index contributed by atoms with van der Waals surface area (Å²) in [6.07, 6.45) is 0.693. The predicted molar refractivity (Wildman–Crippen MR) is 83.5 cm³/mol. The third-order valence-electron chi connectivity index (χ3n) is 2.59. The molecule has 0 aromatic heterocycles. The van der Waals surface area contributed by atoms with Gasteiger partial charge in [0.05, 0.1) is 13.2 Å². The van der Waals surface area contributed by atoms with Crippen molar-refractivity contribution in [2.24, 2.45) is 23.3 Å². The number of esters is 2. The van der Waals surface area contributed by atoms with Crippen molar-refractivity contribution in [2.75, 3.05) is 13.2 Å². The molecule has 0 aromatic rings. The normalized spacial score (nSPS) is 13.2. The summed E-state index contributed by atoms with van der Waals surface area (Å²) in [6.45, 7) is 12.2. The largest absolute Gasteiger partial charge is 0.465 e. The molecule has 2 atom stereocenters. The number of hydrogen-bond acceptors (Lipinski definition) is 6. The Bertz CT molecular complexity index is 293. The summed E-state index contributed by atoms with van der Waals surface area (Å²) in [4.78, 5) is 21.8. The Morgan fingerprint density at radius 2 is 1.33 bits per heavy atom. The van der Waals surface area contributed by atoms with E-state index < -0.39 is 12.1 Å². The molecule has 0 saturated heterocycles. The van der Waals surface area contributed by atoms with Gasteiger partial charge in [-0.15, -0.1) is 0 Å². The Balaban J connectivity index is 0. The molecule has 6 heteroatoms. The zero-order valence-corrected chi connectivity index (χ0v) is 14.2. The summed E-state index contributed by atoms with van der Waals surface area (Å²) < 4.78 is 9.44. The average molecular weight is 304 g/mol. The number of ether oxygens (including phenoxy) is 2. The zero-order chi connectivity index (χ0) is 17.0. The van der Waals surface area contributed by atoms with E-state index in [-0.39, 0.29) is 17.9 Å². The van der Waals surface area contributed by atoms with E-state index in [4.69, 9.17) is 20.9 Å². The molecule has 0 rings (SSSR count). The van der Waals surface area contributed by atoms with Crippen LogP contribution >= 0.6 is 0 Å². The Morgan fingerprint density at radius 1 is 0.905 bits per heavy atom. The second-order valence-corrected chi connectivity index (χ2v) is 5.51. The van der Waals surface area contributed by atoms with Gasteiger partial charge in [-0.25, -0.2) is 0 Å². The molecule has 0 aromatic carbocycles. The van der Waals surface area contributed by atoms with Crippen molar-refractivity contribution < 1.29 is 19.1 Å². The van der Waals surface area contributed by atoms with Crippen molar-refractivity contribution in [3.05, 3.63) is 0 Å². The molecule has 6 nitrogen and oxygen atoms in total. The minimum atomic E-state index is -0.472. The molecule has 0 aliphatic rings. The molecule has 0 aliphatic carbocycles. The monoisotopic (exact) mass is 304 g/mol. The summed E-state index contributed by atoms with van der Waals surface area (Å²) in [5, 5.41) is 0. The van der Waals surface area contributed by atoms with Gasteiger partial charge < -0.3 is 20.9 Å². The Kier molecular flexibility index (Phi) is 13.3. The van der Waals surface area contributed by atoms with Gasteiger partial charge in [-0.2, -0.15) is 0 Å². The van der Waals surface area contributed by atoms with Gasteiger partial charge in [0.1, 0.15) is 12.1 Å². The lowest BCUT2D eigenvalue weighted by atomic mass is 10.1. The van der Waals surface area contributed by atoms with Crippen molar-refractivity contribution in [1.82, 2.24) is 0 Å². The molecular weight excluding hydrogens is 272 g/mol. The first kappa shape index (κ1) is 22.1. The van der Waals surface area contributed by atoms with Crippen LogP contribution in [-0.2, 0) is 19.1 Å². The molecular formula is C15H32N2O4. The fraction of sp³-hybridized carbons (Fsp3) is 0.867. The first-order valence-corrected chi connectivity index (χ1v) is 7.51. The molecule has 0 heterocycles. The van der Waals surface area contributed by atoms with E-state index in [1.165, 1.54) is 0 Å². The van der Waals surface area contributed by atoms with Crippen LogP contribution in [0.5, 0.6) is 0 Å². The maximum atomic E-state index is 10.9. The van der Waals surface area contributed by atoms with Gasteiger partial charge in [-0.1, -0.05) is 27.7 Å². The SMILES string of the molecule is CCOC(=O)C(N)C(C)C.CCOC(=O)C(N)CC(C)C. The van der Waals surface area contributed by atoms with E-state index >= 15 is 0 Å². The molecule has 0 radical (unpaired) electrons. The third kappa shape index (κ3) is 12.3. The van der Waals surface area contributed by atoms with Crippen molar-refractivity contribution in [2.45, 2.75) is 60.0 Å². The highest BCUT2D eigenvalue weighted by Crippen LogP contribution is 2.03. The van der Waals surface area contributed by atoms with Crippen molar-refractivity contribution >= 4 is 11.9 Å². The molecule has 0 amide bonds. The summed E-state index contributed by atoms with van der Waals surface area (Å²) in [6, 6.07) is -0.921. The van der Waals surface area contributed by atoms with Crippen LogP contribution in [0.1, 0.15) is 48.0 Å². The minimum Gasteiger partial charge on any atom is -0.465 e. The fourth-order valence-electron chi connectivity index (χ4n) is 1.36. The second-order valence-electron chi connectivity index (χ2n) is 5.51. The first-order valence-electron chi connectivity index (χ1n) is 7.51. The zero-order valence-electron chi connectivity index (χ0n) is 14.2. The predicted octanol–water partition coefficient (Wildman–Crippen LogP) is 1.46. The molecule has 0 spiro atoms. The summed E-state index contributed by atoms with van der Waals surface area (Å²) in [5.41, 5.74) is 11.0. The molecule has 2 unspecified atom stereocenters. The Morgan fingerprint density at radius 3 is 1.67 bits per heavy atom. The number of hydrogen-bond donors (Lipinski definition) is 2. The highest BCUT2D eigenvalue weighted by Gasteiger charge is 2.17. The van der Waals surface area contributed by atoms with Crippen LogP contribution in [0.3, 0.4) is 0 Å².